The molecule has 2 heterocycles. The summed E-state index contributed by atoms with van der Waals surface area (Å²) < 4.78 is 0. The van der Waals surface area contributed by atoms with Gasteiger partial charge in [0.25, 0.3) is 0 Å². The molecule has 0 radical (unpaired) electrons. The van der Waals surface area contributed by atoms with E-state index in [9.17, 15) is 4.79 Å². The van der Waals surface area contributed by atoms with E-state index < -0.39 is 0 Å². The number of hydrogen-bond donors (Lipinski definition) is 1. The van der Waals surface area contributed by atoms with Crippen LogP contribution in [0.1, 0.15) is 17.5 Å². The average molecular weight is 422 g/mol. The molecule has 2 aliphatic heterocycles. The number of nitrogens with zero attached hydrogens (tertiary/aromatic N) is 4. The van der Waals surface area contributed by atoms with Crippen LogP contribution in [0, 0.1) is 13.8 Å². The van der Waals surface area contributed by atoms with Gasteiger partial charge >= 0.3 is 6.03 Å². The van der Waals surface area contributed by atoms with E-state index in [1.165, 1.54) is 28.9 Å². The van der Waals surface area contributed by atoms with E-state index in [0.29, 0.717) is 6.04 Å². The van der Waals surface area contributed by atoms with Crippen molar-refractivity contribution < 1.29 is 4.79 Å². The first-order valence-corrected chi connectivity index (χ1v) is 11.3. The van der Waals surface area contributed by atoms with Gasteiger partial charge in [-0.05, 0) is 75.8 Å². The molecule has 2 saturated heterocycles. The van der Waals surface area contributed by atoms with Crippen LogP contribution < -0.4 is 15.1 Å². The van der Waals surface area contributed by atoms with Gasteiger partial charge in [-0.25, -0.2) is 4.79 Å². The second-order valence-electron chi connectivity index (χ2n) is 9.02. The minimum Gasteiger partial charge on any atom is -0.370 e. The summed E-state index contributed by atoms with van der Waals surface area (Å²) >= 11 is 0. The number of nitrogens with one attached hydrogen (secondary N) is 1. The van der Waals surface area contributed by atoms with Crippen LogP contribution in [0.5, 0.6) is 0 Å². The molecule has 0 spiro atoms. The van der Waals surface area contributed by atoms with E-state index in [4.69, 9.17) is 0 Å². The third-order valence-electron chi connectivity index (χ3n) is 6.86. The van der Waals surface area contributed by atoms with Crippen LogP contribution in [0.25, 0.3) is 0 Å². The van der Waals surface area contributed by atoms with E-state index in [1.54, 1.807) is 0 Å². The van der Waals surface area contributed by atoms with Crippen LogP contribution in [0.3, 0.4) is 0 Å². The van der Waals surface area contributed by atoms with Crippen LogP contribution in [-0.2, 0) is 0 Å². The number of urea groups is 1. The minimum atomic E-state index is -0.0118. The number of anilines is 3. The molecule has 6 heteroatoms. The zero-order chi connectivity index (χ0) is 22.0. The van der Waals surface area contributed by atoms with Crippen molar-refractivity contribution in [3.05, 3.63) is 53.6 Å². The highest BCUT2D eigenvalue weighted by Gasteiger charge is 2.25. The summed E-state index contributed by atoms with van der Waals surface area (Å²) in [7, 11) is 4.29. The van der Waals surface area contributed by atoms with Crippen LogP contribution in [0.2, 0.25) is 0 Å². The Morgan fingerprint density at radius 2 is 1.65 bits per heavy atom. The lowest BCUT2D eigenvalue weighted by Gasteiger charge is -2.37. The predicted molar refractivity (Wildman–Crippen MR) is 129 cm³/mol. The van der Waals surface area contributed by atoms with Crippen molar-refractivity contribution in [3.8, 4) is 0 Å². The van der Waals surface area contributed by atoms with E-state index >= 15 is 0 Å². The van der Waals surface area contributed by atoms with Crippen molar-refractivity contribution in [1.29, 1.82) is 0 Å². The van der Waals surface area contributed by atoms with E-state index in [0.717, 1.165) is 45.0 Å². The smallest absolute Gasteiger partial charge is 0.321 e. The molecule has 2 aromatic rings. The Bertz CT molecular complexity index is 903. The van der Waals surface area contributed by atoms with Gasteiger partial charge in [-0.3, -0.25) is 0 Å². The SMILES string of the molecule is Cc1cccc(N2CCN(C(=O)Nc3ccc(N4CCC(N(C)C)C4)cc3)CC2)c1C. The molecule has 2 fully saturated rings. The first-order chi connectivity index (χ1) is 14.9. The van der Waals surface area contributed by atoms with E-state index in [1.807, 2.05) is 17.0 Å². The molecule has 1 atom stereocenters. The van der Waals surface area contributed by atoms with Gasteiger partial charge in [-0.15, -0.1) is 0 Å². The number of hydrogen-bond acceptors (Lipinski definition) is 4. The lowest BCUT2D eigenvalue weighted by Crippen LogP contribution is -2.50. The highest BCUT2D eigenvalue weighted by Crippen LogP contribution is 2.25. The molecular weight excluding hydrogens is 386 g/mol. The first-order valence-electron chi connectivity index (χ1n) is 11.3. The third kappa shape index (κ3) is 4.79. The summed E-state index contributed by atoms with van der Waals surface area (Å²) in [6, 6.07) is 15.3. The fraction of sp³-hybridized carbons (Fsp3) is 0.480. The van der Waals surface area contributed by atoms with E-state index in [-0.39, 0.29) is 6.03 Å². The maximum Gasteiger partial charge on any atom is 0.321 e. The van der Waals surface area contributed by atoms with Gasteiger partial charge in [0, 0.05) is 62.4 Å². The molecule has 166 valence electrons. The Hall–Kier alpha value is -2.73. The monoisotopic (exact) mass is 421 g/mol. The normalized spacial score (nSPS) is 19.3. The highest BCUT2D eigenvalue weighted by molar-refractivity contribution is 5.89. The molecule has 4 rings (SSSR count). The largest absolute Gasteiger partial charge is 0.370 e. The Morgan fingerprint density at radius 1 is 0.935 bits per heavy atom. The molecule has 31 heavy (non-hydrogen) atoms. The quantitative estimate of drug-likeness (QED) is 0.816. The molecule has 2 amide bonds. The molecule has 0 bridgehead atoms. The molecule has 1 unspecified atom stereocenters. The predicted octanol–water partition coefficient (Wildman–Crippen LogP) is 3.80. The maximum atomic E-state index is 12.8. The summed E-state index contributed by atoms with van der Waals surface area (Å²) in [6.07, 6.45) is 1.19. The molecule has 0 aromatic heterocycles. The summed E-state index contributed by atoms with van der Waals surface area (Å²) in [5.74, 6) is 0. The van der Waals surface area contributed by atoms with Crippen LogP contribution in [-0.4, -0.2) is 75.2 Å². The van der Waals surface area contributed by atoms with Crippen LogP contribution in [0.15, 0.2) is 42.5 Å². The summed E-state index contributed by atoms with van der Waals surface area (Å²) in [5.41, 5.74) is 6.01. The van der Waals surface area contributed by atoms with Gasteiger partial charge in [0.1, 0.15) is 0 Å². The Balaban J connectivity index is 1.30. The minimum absolute atomic E-state index is 0.0118. The molecule has 0 saturated carbocycles. The molecule has 0 aliphatic carbocycles. The van der Waals surface area contributed by atoms with Crippen LogP contribution in [0.4, 0.5) is 21.9 Å². The zero-order valence-electron chi connectivity index (χ0n) is 19.3. The molecule has 2 aliphatic rings. The van der Waals surface area contributed by atoms with Gasteiger partial charge in [0.2, 0.25) is 0 Å². The average Bonchev–Trinajstić information content (AvgIpc) is 3.27. The molecule has 1 N–H and O–H groups in total. The second-order valence-corrected chi connectivity index (χ2v) is 9.02. The van der Waals surface area contributed by atoms with Crippen molar-refractivity contribution in [2.75, 3.05) is 68.5 Å². The Kier molecular flexibility index (Phi) is 6.37. The van der Waals surface area contributed by atoms with Crippen molar-refractivity contribution >= 4 is 23.1 Å². The van der Waals surface area contributed by atoms with Crippen LogP contribution >= 0.6 is 0 Å². The summed E-state index contributed by atoms with van der Waals surface area (Å²) in [6.45, 7) is 9.66. The second kappa shape index (κ2) is 9.18. The number of likely N-dealkylation sites (N-methyl/N-ethyl adjacent to an activating group) is 1. The van der Waals surface area contributed by atoms with Gasteiger partial charge in [0.15, 0.2) is 0 Å². The third-order valence-corrected chi connectivity index (χ3v) is 6.86. The Morgan fingerprint density at radius 3 is 2.29 bits per heavy atom. The van der Waals surface area contributed by atoms with Crippen molar-refractivity contribution in [1.82, 2.24) is 9.80 Å². The number of piperazine rings is 1. The number of benzene rings is 2. The maximum absolute atomic E-state index is 12.8. The molecule has 2 aromatic carbocycles. The van der Waals surface area contributed by atoms with E-state index in [2.05, 4.69) is 78.3 Å². The number of carbonyl (C=O) groups is 1. The number of rotatable bonds is 4. The summed E-state index contributed by atoms with van der Waals surface area (Å²) in [5, 5.41) is 3.07. The van der Waals surface area contributed by atoms with Gasteiger partial charge < -0.3 is 24.9 Å². The topological polar surface area (TPSA) is 42.1 Å². The van der Waals surface area contributed by atoms with Gasteiger partial charge in [-0.2, -0.15) is 0 Å². The standard InChI is InChI=1S/C25H35N5O/c1-19-6-5-7-24(20(19)2)28-14-16-29(17-15-28)25(31)26-21-8-10-22(11-9-21)30-13-12-23(18-30)27(3)4/h5-11,23H,12-18H2,1-4H3,(H,26,31). The summed E-state index contributed by atoms with van der Waals surface area (Å²) in [4.78, 5) is 21.8. The lowest BCUT2D eigenvalue weighted by molar-refractivity contribution is 0.208. The van der Waals surface area contributed by atoms with Crippen molar-refractivity contribution in [2.45, 2.75) is 26.3 Å². The number of aryl methyl sites for hydroxylation is 1. The zero-order valence-corrected chi connectivity index (χ0v) is 19.3. The fourth-order valence-corrected chi connectivity index (χ4v) is 4.58. The fourth-order valence-electron chi connectivity index (χ4n) is 4.58. The van der Waals surface area contributed by atoms with Gasteiger partial charge in [-0.1, -0.05) is 12.1 Å². The Labute approximate surface area is 186 Å². The highest BCUT2D eigenvalue weighted by atomic mass is 16.2. The lowest BCUT2D eigenvalue weighted by atomic mass is 10.1. The number of amides is 2. The van der Waals surface area contributed by atoms with Crippen molar-refractivity contribution in [2.24, 2.45) is 0 Å². The molecule has 6 nitrogen and oxygen atoms in total. The number of carbonyl (C=O) groups excluding carboxylic acids is 1. The van der Waals surface area contributed by atoms with Gasteiger partial charge in [0.05, 0.1) is 0 Å². The molecular formula is C25H35N5O. The van der Waals surface area contributed by atoms with Crippen molar-refractivity contribution in [3.63, 3.8) is 0 Å². The first kappa shape index (κ1) is 21.5.